The minimum Gasteiger partial charge on any atom is -0.389 e. The first-order valence-corrected chi connectivity index (χ1v) is 7.39. The monoisotopic (exact) mass is 239 g/mol. The second-order valence-corrected chi connectivity index (χ2v) is 6.95. The van der Waals surface area contributed by atoms with Gasteiger partial charge in [-0.1, -0.05) is 27.2 Å². The number of hydrogen-bond acceptors (Lipinski definition) is 2. The van der Waals surface area contributed by atoms with Gasteiger partial charge in [-0.05, 0) is 49.9 Å². The summed E-state index contributed by atoms with van der Waals surface area (Å²) >= 11 is 0. The molecular weight excluding hydrogens is 210 g/mol. The highest BCUT2D eigenvalue weighted by molar-refractivity contribution is 5.10. The molecule has 17 heavy (non-hydrogen) atoms. The van der Waals surface area contributed by atoms with E-state index in [0.29, 0.717) is 18.4 Å². The molecule has 0 aromatic rings. The zero-order chi connectivity index (χ0) is 12.7. The van der Waals surface area contributed by atoms with Gasteiger partial charge in [0.2, 0.25) is 0 Å². The highest BCUT2D eigenvalue weighted by Crippen LogP contribution is 2.59. The van der Waals surface area contributed by atoms with Gasteiger partial charge in [-0.3, -0.25) is 0 Å². The number of rotatable bonds is 4. The Morgan fingerprint density at radius 1 is 1.29 bits per heavy atom. The van der Waals surface area contributed by atoms with Crippen LogP contribution >= 0.6 is 0 Å². The molecule has 0 aromatic carbocycles. The van der Waals surface area contributed by atoms with Crippen molar-refractivity contribution in [2.24, 2.45) is 28.9 Å². The maximum Gasteiger partial charge on any atom is 0.0721 e. The summed E-state index contributed by atoms with van der Waals surface area (Å²) in [6.45, 7) is 7.47. The van der Waals surface area contributed by atoms with Crippen molar-refractivity contribution in [3.63, 3.8) is 0 Å². The predicted octanol–water partition coefficient (Wildman–Crippen LogP) is 2.94. The molecule has 2 fully saturated rings. The fraction of sp³-hybridized carbons (Fsp3) is 1.00. The fourth-order valence-electron chi connectivity index (χ4n) is 4.10. The third-order valence-electron chi connectivity index (χ3n) is 5.81. The third-order valence-corrected chi connectivity index (χ3v) is 5.81. The van der Waals surface area contributed by atoms with Crippen LogP contribution in [-0.4, -0.2) is 17.3 Å². The Kier molecular flexibility index (Phi) is 3.57. The standard InChI is InChI=1S/C15H29NO/c1-4-12-5-6-14(7-12,10-16)15(17)8-13(9-15)11(2)3/h11-13,17H,4-10,16H2,1-3H3. The molecule has 0 spiro atoms. The van der Waals surface area contributed by atoms with Gasteiger partial charge < -0.3 is 10.8 Å². The Bertz CT molecular complexity index is 270. The van der Waals surface area contributed by atoms with E-state index >= 15 is 0 Å². The SMILES string of the molecule is CCC1CCC(CN)(C2(O)CC(C(C)C)C2)C1. The number of nitrogens with two attached hydrogens (primary N) is 1. The molecule has 0 radical (unpaired) electrons. The van der Waals surface area contributed by atoms with E-state index in [1.807, 2.05) is 0 Å². The van der Waals surface area contributed by atoms with E-state index in [4.69, 9.17) is 5.73 Å². The lowest BCUT2D eigenvalue weighted by molar-refractivity contribution is -0.172. The van der Waals surface area contributed by atoms with Gasteiger partial charge in [-0.25, -0.2) is 0 Å². The first-order valence-electron chi connectivity index (χ1n) is 7.39. The van der Waals surface area contributed by atoms with Gasteiger partial charge in [0.05, 0.1) is 5.60 Å². The normalized spacial score (nSPS) is 46.2. The van der Waals surface area contributed by atoms with Gasteiger partial charge in [0, 0.05) is 12.0 Å². The van der Waals surface area contributed by atoms with E-state index in [0.717, 1.165) is 31.6 Å². The molecule has 3 N–H and O–H groups in total. The topological polar surface area (TPSA) is 46.2 Å². The van der Waals surface area contributed by atoms with Gasteiger partial charge in [0.25, 0.3) is 0 Å². The second-order valence-electron chi connectivity index (χ2n) is 6.95. The summed E-state index contributed by atoms with van der Waals surface area (Å²) in [7, 11) is 0. The smallest absolute Gasteiger partial charge is 0.0721 e. The summed E-state index contributed by atoms with van der Waals surface area (Å²) in [4.78, 5) is 0. The average molecular weight is 239 g/mol. The first-order chi connectivity index (χ1) is 7.96. The fourth-order valence-corrected chi connectivity index (χ4v) is 4.10. The zero-order valence-corrected chi connectivity index (χ0v) is 11.7. The Labute approximate surface area is 106 Å². The van der Waals surface area contributed by atoms with Crippen molar-refractivity contribution >= 4 is 0 Å². The Morgan fingerprint density at radius 2 is 1.94 bits per heavy atom. The molecular formula is C15H29NO. The minimum absolute atomic E-state index is 0.0407. The number of hydrogen-bond donors (Lipinski definition) is 2. The first kappa shape index (κ1) is 13.4. The van der Waals surface area contributed by atoms with Crippen LogP contribution in [0, 0.1) is 23.2 Å². The van der Waals surface area contributed by atoms with Crippen LogP contribution in [0.3, 0.4) is 0 Å². The highest BCUT2D eigenvalue weighted by atomic mass is 16.3. The number of aliphatic hydroxyl groups is 1. The molecule has 2 unspecified atom stereocenters. The molecule has 0 aliphatic heterocycles. The Balaban J connectivity index is 2.05. The van der Waals surface area contributed by atoms with Crippen LogP contribution in [0.25, 0.3) is 0 Å². The molecule has 2 aliphatic carbocycles. The zero-order valence-electron chi connectivity index (χ0n) is 11.7. The van der Waals surface area contributed by atoms with Crippen molar-refractivity contribution in [2.45, 2.75) is 64.9 Å². The molecule has 0 heterocycles. The third kappa shape index (κ3) is 2.04. The van der Waals surface area contributed by atoms with E-state index in [2.05, 4.69) is 20.8 Å². The van der Waals surface area contributed by atoms with Gasteiger partial charge >= 0.3 is 0 Å². The Hall–Kier alpha value is -0.0800. The van der Waals surface area contributed by atoms with Crippen LogP contribution < -0.4 is 5.73 Å². The van der Waals surface area contributed by atoms with Gasteiger partial charge in [-0.2, -0.15) is 0 Å². The summed E-state index contributed by atoms with van der Waals surface area (Å²) in [5.74, 6) is 2.21. The lowest BCUT2D eigenvalue weighted by Crippen LogP contribution is -2.59. The van der Waals surface area contributed by atoms with Crippen LogP contribution in [0.2, 0.25) is 0 Å². The van der Waals surface area contributed by atoms with Crippen LogP contribution in [-0.2, 0) is 0 Å². The molecule has 0 aromatic heterocycles. The molecule has 2 saturated carbocycles. The van der Waals surface area contributed by atoms with E-state index in [9.17, 15) is 5.11 Å². The average Bonchev–Trinajstić information content (AvgIpc) is 2.69. The van der Waals surface area contributed by atoms with Crippen LogP contribution in [0.4, 0.5) is 0 Å². The van der Waals surface area contributed by atoms with E-state index in [-0.39, 0.29) is 5.41 Å². The van der Waals surface area contributed by atoms with Gasteiger partial charge in [-0.15, -0.1) is 0 Å². The van der Waals surface area contributed by atoms with Crippen molar-refractivity contribution in [1.29, 1.82) is 0 Å². The van der Waals surface area contributed by atoms with Crippen LogP contribution in [0.15, 0.2) is 0 Å². The van der Waals surface area contributed by atoms with Crippen molar-refractivity contribution < 1.29 is 5.11 Å². The van der Waals surface area contributed by atoms with E-state index in [1.165, 1.54) is 12.8 Å². The van der Waals surface area contributed by atoms with E-state index in [1.54, 1.807) is 0 Å². The summed E-state index contributed by atoms with van der Waals surface area (Å²) in [5.41, 5.74) is 5.64. The molecule has 0 bridgehead atoms. The largest absolute Gasteiger partial charge is 0.389 e. The second kappa shape index (κ2) is 4.55. The lowest BCUT2D eigenvalue weighted by Gasteiger charge is -2.56. The predicted molar refractivity (Wildman–Crippen MR) is 71.6 cm³/mol. The van der Waals surface area contributed by atoms with Crippen molar-refractivity contribution in [3.05, 3.63) is 0 Å². The maximum atomic E-state index is 10.9. The minimum atomic E-state index is -0.444. The lowest BCUT2D eigenvalue weighted by atomic mass is 9.54. The molecule has 100 valence electrons. The molecule has 2 aliphatic rings. The summed E-state index contributed by atoms with van der Waals surface area (Å²) in [6.07, 6.45) is 6.77. The maximum absolute atomic E-state index is 10.9. The molecule has 0 saturated heterocycles. The van der Waals surface area contributed by atoms with Gasteiger partial charge in [0.15, 0.2) is 0 Å². The molecule has 2 atom stereocenters. The molecule has 2 nitrogen and oxygen atoms in total. The summed E-state index contributed by atoms with van der Waals surface area (Å²) in [5, 5.41) is 10.9. The molecule has 2 heteroatoms. The molecule has 2 rings (SSSR count). The highest BCUT2D eigenvalue weighted by Gasteiger charge is 2.59. The van der Waals surface area contributed by atoms with Crippen molar-refractivity contribution in [2.75, 3.05) is 6.54 Å². The quantitative estimate of drug-likeness (QED) is 0.792. The van der Waals surface area contributed by atoms with Gasteiger partial charge in [0.1, 0.15) is 0 Å². The van der Waals surface area contributed by atoms with Crippen molar-refractivity contribution in [1.82, 2.24) is 0 Å². The van der Waals surface area contributed by atoms with Crippen LogP contribution in [0.1, 0.15) is 59.3 Å². The summed E-state index contributed by atoms with van der Waals surface area (Å²) in [6, 6.07) is 0. The van der Waals surface area contributed by atoms with E-state index < -0.39 is 5.60 Å². The summed E-state index contributed by atoms with van der Waals surface area (Å²) < 4.78 is 0. The van der Waals surface area contributed by atoms with Crippen LogP contribution in [0.5, 0.6) is 0 Å². The molecule has 0 amide bonds. The Morgan fingerprint density at radius 3 is 2.35 bits per heavy atom. The van der Waals surface area contributed by atoms with Crippen molar-refractivity contribution in [3.8, 4) is 0 Å².